The van der Waals surface area contributed by atoms with E-state index >= 15 is 0 Å². The highest BCUT2D eigenvalue weighted by atomic mass is 19.4. The second-order valence-electron chi connectivity index (χ2n) is 4.85. The van der Waals surface area contributed by atoms with Gasteiger partial charge in [-0.1, -0.05) is 0 Å². The van der Waals surface area contributed by atoms with Crippen molar-refractivity contribution in [1.82, 2.24) is 0 Å². The van der Waals surface area contributed by atoms with Crippen LogP contribution in [0, 0.1) is 11.3 Å². The lowest BCUT2D eigenvalue weighted by molar-refractivity contribution is -0.137. The first-order chi connectivity index (χ1) is 9.41. The third kappa shape index (κ3) is 3.23. The van der Waals surface area contributed by atoms with Crippen molar-refractivity contribution in [3.05, 3.63) is 29.3 Å². The minimum atomic E-state index is -4.52. The van der Waals surface area contributed by atoms with E-state index in [2.05, 4.69) is 0 Å². The van der Waals surface area contributed by atoms with E-state index in [9.17, 15) is 13.2 Å². The summed E-state index contributed by atoms with van der Waals surface area (Å²) in [7, 11) is 1.73. The lowest BCUT2D eigenvalue weighted by Gasteiger charge is -2.23. The molecule has 2 rings (SSSR count). The highest BCUT2D eigenvalue weighted by molar-refractivity contribution is 5.54. The number of hydrogen-bond acceptors (Lipinski definition) is 3. The van der Waals surface area contributed by atoms with Crippen LogP contribution in [0.15, 0.2) is 18.2 Å². The first-order valence-electron chi connectivity index (χ1n) is 6.36. The van der Waals surface area contributed by atoms with Crippen molar-refractivity contribution in [2.75, 3.05) is 25.1 Å². The molecule has 0 bridgehead atoms. The Bertz CT molecular complexity index is 516. The number of nitriles is 1. The average molecular weight is 284 g/mol. The Balaban J connectivity index is 2.22. The second kappa shape index (κ2) is 5.71. The van der Waals surface area contributed by atoms with Crippen molar-refractivity contribution >= 4 is 5.69 Å². The van der Waals surface area contributed by atoms with E-state index in [1.165, 1.54) is 12.1 Å². The molecule has 1 aliphatic heterocycles. The number of halogens is 3. The zero-order valence-electron chi connectivity index (χ0n) is 11.1. The molecule has 1 aromatic carbocycles. The van der Waals surface area contributed by atoms with Crippen LogP contribution in [0.1, 0.15) is 24.0 Å². The summed E-state index contributed by atoms with van der Waals surface area (Å²) >= 11 is 0. The van der Waals surface area contributed by atoms with Crippen molar-refractivity contribution < 1.29 is 17.9 Å². The molecule has 0 radical (unpaired) electrons. The minimum absolute atomic E-state index is 0.0602. The summed E-state index contributed by atoms with van der Waals surface area (Å²) in [6.45, 7) is 1.25. The van der Waals surface area contributed by atoms with Gasteiger partial charge in [-0.3, -0.25) is 0 Å². The van der Waals surface area contributed by atoms with E-state index in [4.69, 9.17) is 10.00 Å². The largest absolute Gasteiger partial charge is 0.417 e. The van der Waals surface area contributed by atoms with Gasteiger partial charge in [0.1, 0.15) is 0 Å². The molecule has 0 aromatic heterocycles. The standard InChI is InChI=1S/C14H15F3N2O/c1-19(9-12-3-2-6-20-12)11-5-4-10(8-18)13(7-11)14(15,16)17/h4-5,7,12H,2-3,6,9H2,1H3/t12-/m1/s1. The molecular formula is C14H15F3N2O. The Morgan fingerprint density at radius 3 is 2.75 bits per heavy atom. The zero-order chi connectivity index (χ0) is 14.8. The van der Waals surface area contributed by atoms with Gasteiger partial charge in [0, 0.05) is 25.9 Å². The maximum atomic E-state index is 12.9. The van der Waals surface area contributed by atoms with E-state index in [1.807, 2.05) is 0 Å². The van der Waals surface area contributed by atoms with E-state index < -0.39 is 11.7 Å². The first kappa shape index (κ1) is 14.7. The maximum absolute atomic E-state index is 12.9. The molecule has 1 aromatic rings. The fraction of sp³-hybridized carbons (Fsp3) is 0.500. The van der Waals surface area contributed by atoms with Crippen LogP contribution in [0.3, 0.4) is 0 Å². The Hall–Kier alpha value is -1.74. The molecule has 0 aliphatic carbocycles. The topological polar surface area (TPSA) is 36.3 Å². The molecule has 0 spiro atoms. The molecule has 0 N–H and O–H groups in total. The van der Waals surface area contributed by atoms with Crippen molar-refractivity contribution in [2.45, 2.75) is 25.1 Å². The summed E-state index contributed by atoms with van der Waals surface area (Å²) in [5.41, 5.74) is -0.810. The van der Waals surface area contributed by atoms with Crippen LogP contribution in [0.25, 0.3) is 0 Å². The third-order valence-electron chi connectivity index (χ3n) is 3.37. The highest BCUT2D eigenvalue weighted by Crippen LogP contribution is 2.34. The average Bonchev–Trinajstić information content (AvgIpc) is 2.89. The zero-order valence-corrected chi connectivity index (χ0v) is 11.1. The summed E-state index contributed by atoms with van der Waals surface area (Å²) in [6.07, 6.45) is -2.55. The molecule has 3 nitrogen and oxygen atoms in total. The smallest absolute Gasteiger partial charge is 0.376 e. The molecule has 0 unspecified atom stereocenters. The number of benzene rings is 1. The normalized spacial score (nSPS) is 18.9. The first-order valence-corrected chi connectivity index (χ1v) is 6.36. The highest BCUT2D eigenvalue weighted by Gasteiger charge is 2.34. The van der Waals surface area contributed by atoms with Crippen molar-refractivity contribution in [2.24, 2.45) is 0 Å². The maximum Gasteiger partial charge on any atom is 0.417 e. The van der Waals surface area contributed by atoms with E-state index in [-0.39, 0.29) is 11.7 Å². The molecule has 1 heterocycles. The van der Waals surface area contributed by atoms with Gasteiger partial charge in [0.25, 0.3) is 0 Å². The Morgan fingerprint density at radius 2 is 2.20 bits per heavy atom. The van der Waals surface area contributed by atoms with E-state index in [0.717, 1.165) is 18.9 Å². The van der Waals surface area contributed by atoms with Crippen LogP contribution >= 0.6 is 0 Å². The van der Waals surface area contributed by atoms with Crippen LogP contribution < -0.4 is 4.90 Å². The number of likely N-dealkylation sites (N-methyl/N-ethyl adjacent to an activating group) is 1. The van der Waals surface area contributed by atoms with E-state index in [1.54, 1.807) is 18.0 Å². The van der Waals surface area contributed by atoms with Crippen LogP contribution in [0.2, 0.25) is 0 Å². The molecule has 1 atom stereocenters. The predicted octanol–water partition coefficient (Wildman–Crippen LogP) is 3.19. The third-order valence-corrected chi connectivity index (χ3v) is 3.37. The Labute approximate surface area is 115 Å². The van der Waals surface area contributed by atoms with Gasteiger partial charge in [0.2, 0.25) is 0 Å². The van der Waals surface area contributed by atoms with Crippen molar-refractivity contribution in [3.63, 3.8) is 0 Å². The Kier molecular flexibility index (Phi) is 4.19. The van der Waals surface area contributed by atoms with Crippen LogP contribution in [-0.4, -0.2) is 26.3 Å². The van der Waals surface area contributed by atoms with Crippen LogP contribution in [0.4, 0.5) is 18.9 Å². The molecule has 1 fully saturated rings. The Morgan fingerprint density at radius 1 is 1.45 bits per heavy atom. The van der Waals surface area contributed by atoms with Gasteiger partial charge in [-0.25, -0.2) is 0 Å². The molecule has 20 heavy (non-hydrogen) atoms. The van der Waals surface area contributed by atoms with Gasteiger partial charge in [-0.15, -0.1) is 0 Å². The van der Waals surface area contributed by atoms with Crippen LogP contribution in [-0.2, 0) is 10.9 Å². The summed E-state index contributed by atoms with van der Waals surface area (Å²) in [5, 5.41) is 8.76. The molecule has 1 saturated heterocycles. The number of nitrogens with zero attached hydrogens (tertiary/aromatic N) is 2. The molecule has 1 aliphatic rings. The fourth-order valence-corrected chi connectivity index (χ4v) is 2.30. The summed E-state index contributed by atoms with van der Waals surface area (Å²) in [6, 6.07) is 5.34. The van der Waals surface area contributed by atoms with Gasteiger partial charge in [-0.2, -0.15) is 18.4 Å². The molecule has 0 saturated carbocycles. The SMILES string of the molecule is CN(C[C@H]1CCCO1)c1ccc(C#N)c(C(F)(F)F)c1. The minimum Gasteiger partial charge on any atom is -0.376 e. The predicted molar refractivity (Wildman–Crippen MR) is 68.4 cm³/mol. The molecule has 6 heteroatoms. The number of alkyl halides is 3. The van der Waals surface area contributed by atoms with Gasteiger partial charge >= 0.3 is 6.18 Å². The van der Waals surface area contributed by atoms with Crippen molar-refractivity contribution in [3.8, 4) is 6.07 Å². The number of hydrogen-bond donors (Lipinski definition) is 0. The molecule has 108 valence electrons. The quantitative estimate of drug-likeness (QED) is 0.855. The second-order valence-corrected chi connectivity index (χ2v) is 4.85. The van der Waals surface area contributed by atoms with Gasteiger partial charge in [0.15, 0.2) is 0 Å². The summed E-state index contributed by atoms with van der Waals surface area (Å²) in [5.74, 6) is 0. The summed E-state index contributed by atoms with van der Waals surface area (Å²) < 4.78 is 44.1. The fourth-order valence-electron chi connectivity index (χ4n) is 2.30. The van der Waals surface area contributed by atoms with Gasteiger partial charge in [0.05, 0.1) is 23.3 Å². The summed E-state index contributed by atoms with van der Waals surface area (Å²) in [4.78, 5) is 1.73. The van der Waals surface area contributed by atoms with Gasteiger partial charge in [-0.05, 0) is 31.0 Å². The number of anilines is 1. The molecule has 0 amide bonds. The lowest BCUT2D eigenvalue weighted by Crippen LogP contribution is -2.28. The number of ether oxygens (including phenoxy) is 1. The monoisotopic (exact) mass is 284 g/mol. The van der Waals surface area contributed by atoms with E-state index in [0.29, 0.717) is 18.8 Å². The lowest BCUT2D eigenvalue weighted by atomic mass is 10.1. The van der Waals surface area contributed by atoms with Crippen LogP contribution in [0.5, 0.6) is 0 Å². The number of rotatable bonds is 3. The molecular weight excluding hydrogens is 269 g/mol. The van der Waals surface area contributed by atoms with Gasteiger partial charge < -0.3 is 9.64 Å². The van der Waals surface area contributed by atoms with Crippen molar-refractivity contribution in [1.29, 1.82) is 5.26 Å².